The smallest absolute Gasteiger partial charge is 0.101 e. The molecule has 2 unspecified atom stereocenters. The maximum atomic E-state index is 6.07. The van der Waals surface area contributed by atoms with Crippen LogP contribution < -0.4 is 0 Å². The normalized spacial score (nSPS) is 19.5. The molecule has 0 amide bonds. The topological polar surface area (TPSA) is 55.6 Å². The number of rotatable bonds is 10. The van der Waals surface area contributed by atoms with Crippen LogP contribution in [0.5, 0.6) is 0 Å². The monoisotopic (exact) mass is 511 g/mol. The van der Waals surface area contributed by atoms with E-state index < -0.39 is 0 Å². The number of aromatic nitrogens is 3. The second-order valence-corrected chi connectivity index (χ2v) is 11.8. The van der Waals surface area contributed by atoms with E-state index in [-0.39, 0.29) is 12.2 Å². The molecule has 0 N–H and O–H groups in total. The van der Waals surface area contributed by atoms with Gasteiger partial charge in [0.1, 0.15) is 6.10 Å². The molecule has 0 bridgehead atoms. The van der Waals surface area contributed by atoms with Crippen molar-refractivity contribution in [3.8, 4) is 0 Å². The zero-order chi connectivity index (χ0) is 26.7. The molecule has 2 aliphatic rings. The van der Waals surface area contributed by atoms with Gasteiger partial charge in [0.05, 0.1) is 29.7 Å². The highest BCUT2D eigenvalue weighted by atomic mass is 16.5. The lowest BCUT2D eigenvalue weighted by Crippen LogP contribution is -2.37. The number of likely N-dealkylation sites (tertiary alicyclic amines) is 1. The highest BCUT2D eigenvalue weighted by Gasteiger charge is 2.29. The molecule has 2 aliphatic heterocycles. The summed E-state index contributed by atoms with van der Waals surface area (Å²) in [6, 6.07) is 2.84. The minimum absolute atomic E-state index is 0.0361. The molecular weight excluding hydrogens is 462 g/mol. The zero-order valence-electron chi connectivity index (χ0n) is 24.5. The summed E-state index contributed by atoms with van der Waals surface area (Å²) in [5.74, 6) is 0.878. The molecule has 7 nitrogen and oxygen atoms in total. The standard InChI is InChI=1S/C30H49N5O2/c1-20(2)25-17-23-19-33(6)13-11-27(23)32-29(25)28(37-8)12-16-34-14-9-24(10-15-34)35-30(22(5)36-7)26(18-31-35)21(3)4/h17-18,20-22,24,28H,9-16,19H2,1-8H3. The summed E-state index contributed by atoms with van der Waals surface area (Å²) >= 11 is 0. The van der Waals surface area contributed by atoms with Crippen molar-refractivity contribution in [1.82, 2.24) is 24.6 Å². The largest absolute Gasteiger partial charge is 0.375 e. The third kappa shape index (κ3) is 6.27. The van der Waals surface area contributed by atoms with Crippen molar-refractivity contribution in [3.63, 3.8) is 0 Å². The van der Waals surface area contributed by atoms with E-state index in [0.29, 0.717) is 17.9 Å². The number of methoxy groups -OCH3 is 2. The Morgan fingerprint density at radius 2 is 1.68 bits per heavy atom. The molecule has 4 heterocycles. The average molecular weight is 512 g/mol. The summed E-state index contributed by atoms with van der Waals surface area (Å²) in [4.78, 5) is 10.2. The first-order valence-corrected chi connectivity index (χ1v) is 14.3. The number of nitrogens with zero attached hydrogens (tertiary/aromatic N) is 5. The first-order valence-electron chi connectivity index (χ1n) is 14.3. The molecule has 2 aromatic rings. The van der Waals surface area contributed by atoms with Crippen molar-refractivity contribution in [2.24, 2.45) is 0 Å². The third-order valence-electron chi connectivity index (χ3n) is 8.47. The lowest BCUT2D eigenvalue weighted by molar-refractivity contribution is 0.0707. The minimum Gasteiger partial charge on any atom is -0.375 e. The molecule has 0 saturated carbocycles. The Labute approximate surface area is 224 Å². The number of ether oxygens (including phenoxy) is 2. The quantitative estimate of drug-likeness (QED) is 0.412. The zero-order valence-corrected chi connectivity index (χ0v) is 24.5. The summed E-state index contributed by atoms with van der Waals surface area (Å²) in [6.07, 6.45) is 6.37. The lowest BCUT2D eigenvalue weighted by Gasteiger charge is -2.34. The number of pyridine rings is 1. The van der Waals surface area contributed by atoms with Crippen LogP contribution in [0.2, 0.25) is 0 Å². The Morgan fingerprint density at radius 1 is 0.973 bits per heavy atom. The van der Waals surface area contributed by atoms with Gasteiger partial charge in [-0.2, -0.15) is 5.10 Å². The van der Waals surface area contributed by atoms with E-state index in [0.717, 1.165) is 64.1 Å². The van der Waals surface area contributed by atoms with Gasteiger partial charge < -0.3 is 19.3 Å². The van der Waals surface area contributed by atoms with Gasteiger partial charge in [0.2, 0.25) is 0 Å². The van der Waals surface area contributed by atoms with Gasteiger partial charge >= 0.3 is 0 Å². The van der Waals surface area contributed by atoms with Crippen molar-refractivity contribution in [2.75, 3.05) is 47.4 Å². The summed E-state index contributed by atoms with van der Waals surface area (Å²) in [6.45, 7) is 16.4. The maximum Gasteiger partial charge on any atom is 0.101 e. The Balaban J connectivity index is 1.41. The fourth-order valence-corrected chi connectivity index (χ4v) is 6.07. The average Bonchev–Trinajstić information content (AvgIpc) is 3.34. The molecule has 0 aliphatic carbocycles. The molecule has 2 aromatic heterocycles. The Morgan fingerprint density at radius 3 is 2.30 bits per heavy atom. The number of piperidine rings is 1. The SMILES string of the molecule is COC(C)c1c(C(C)C)cnn1C1CCN(CCC(OC)c2nc3c(cc2C(C)C)CN(C)CC3)CC1. The van der Waals surface area contributed by atoms with Gasteiger partial charge in [-0.25, -0.2) is 0 Å². The van der Waals surface area contributed by atoms with Crippen molar-refractivity contribution in [1.29, 1.82) is 0 Å². The minimum atomic E-state index is 0.0361. The van der Waals surface area contributed by atoms with E-state index in [4.69, 9.17) is 19.6 Å². The van der Waals surface area contributed by atoms with Crippen LogP contribution in [0.1, 0.15) is 118 Å². The van der Waals surface area contributed by atoms with Crippen LogP contribution in [0.4, 0.5) is 0 Å². The fourth-order valence-electron chi connectivity index (χ4n) is 6.07. The molecule has 7 heteroatoms. The van der Waals surface area contributed by atoms with Gasteiger partial charge in [-0.15, -0.1) is 0 Å². The predicted octanol–water partition coefficient (Wildman–Crippen LogP) is 5.63. The lowest BCUT2D eigenvalue weighted by atomic mass is 9.92. The van der Waals surface area contributed by atoms with Crippen LogP contribution >= 0.6 is 0 Å². The fraction of sp³-hybridized carbons (Fsp3) is 0.733. The van der Waals surface area contributed by atoms with Crippen molar-refractivity contribution in [3.05, 3.63) is 46.0 Å². The molecule has 1 fully saturated rings. The molecule has 37 heavy (non-hydrogen) atoms. The van der Waals surface area contributed by atoms with Crippen LogP contribution in [-0.2, 0) is 22.4 Å². The molecule has 4 rings (SSSR count). The van der Waals surface area contributed by atoms with Crippen LogP contribution in [0.3, 0.4) is 0 Å². The molecule has 1 saturated heterocycles. The molecule has 0 spiro atoms. The Kier molecular flexibility index (Phi) is 9.43. The molecule has 2 atom stereocenters. The summed E-state index contributed by atoms with van der Waals surface area (Å²) in [5.41, 5.74) is 7.72. The van der Waals surface area contributed by atoms with Crippen LogP contribution in [0.15, 0.2) is 12.3 Å². The first-order chi connectivity index (χ1) is 17.7. The van der Waals surface area contributed by atoms with E-state index in [2.05, 4.69) is 68.4 Å². The second-order valence-electron chi connectivity index (χ2n) is 11.8. The highest BCUT2D eigenvalue weighted by Crippen LogP contribution is 2.34. The van der Waals surface area contributed by atoms with Crippen LogP contribution in [-0.4, -0.2) is 72.0 Å². The maximum absolute atomic E-state index is 6.07. The highest BCUT2D eigenvalue weighted by molar-refractivity contribution is 5.35. The van der Waals surface area contributed by atoms with E-state index in [1.807, 2.05) is 7.11 Å². The van der Waals surface area contributed by atoms with E-state index >= 15 is 0 Å². The molecular formula is C30H49N5O2. The van der Waals surface area contributed by atoms with Crippen LogP contribution in [0, 0.1) is 0 Å². The number of likely N-dealkylation sites (N-methyl/N-ethyl adjacent to an activating group) is 1. The summed E-state index contributed by atoms with van der Waals surface area (Å²) in [7, 11) is 5.83. The van der Waals surface area contributed by atoms with Crippen LogP contribution in [0.25, 0.3) is 0 Å². The summed E-state index contributed by atoms with van der Waals surface area (Å²) < 4.78 is 14.1. The van der Waals surface area contributed by atoms with Gasteiger partial charge in [-0.1, -0.05) is 33.8 Å². The molecule has 0 radical (unpaired) electrons. The van der Waals surface area contributed by atoms with E-state index in [9.17, 15) is 0 Å². The summed E-state index contributed by atoms with van der Waals surface area (Å²) in [5, 5.41) is 4.84. The number of hydrogen-bond acceptors (Lipinski definition) is 6. The second kappa shape index (κ2) is 12.4. The van der Waals surface area contributed by atoms with Gasteiger partial charge in [-0.3, -0.25) is 9.67 Å². The predicted molar refractivity (Wildman–Crippen MR) is 149 cm³/mol. The Hall–Kier alpha value is -1.80. The first kappa shape index (κ1) is 28.2. The van der Waals surface area contributed by atoms with E-state index in [1.54, 1.807) is 7.11 Å². The molecule has 206 valence electrons. The van der Waals surface area contributed by atoms with Crippen molar-refractivity contribution in [2.45, 2.75) is 96.9 Å². The number of fused-ring (bicyclic) bond motifs is 1. The Bertz CT molecular complexity index is 1030. The van der Waals surface area contributed by atoms with Crippen molar-refractivity contribution >= 4 is 0 Å². The van der Waals surface area contributed by atoms with Gasteiger partial charge in [0.25, 0.3) is 0 Å². The number of hydrogen-bond donors (Lipinski definition) is 0. The van der Waals surface area contributed by atoms with E-state index in [1.165, 1.54) is 28.1 Å². The van der Waals surface area contributed by atoms with Crippen molar-refractivity contribution < 1.29 is 9.47 Å². The van der Waals surface area contributed by atoms with Gasteiger partial charge in [0, 0.05) is 59.1 Å². The van der Waals surface area contributed by atoms with Gasteiger partial charge in [0.15, 0.2) is 0 Å². The third-order valence-corrected chi connectivity index (χ3v) is 8.47. The molecule has 0 aromatic carbocycles. The van der Waals surface area contributed by atoms with Gasteiger partial charge in [-0.05, 0) is 61.8 Å².